The summed E-state index contributed by atoms with van der Waals surface area (Å²) in [5.74, 6) is -1.75. The van der Waals surface area contributed by atoms with Gasteiger partial charge >= 0.3 is 0 Å². The fourth-order valence-corrected chi connectivity index (χ4v) is 2.94. The first-order valence-corrected chi connectivity index (χ1v) is 6.22. The molecule has 0 spiro atoms. The maximum Gasteiger partial charge on any atom is 0.159 e. The molecule has 0 saturated heterocycles. The van der Waals surface area contributed by atoms with Crippen molar-refractivity contribution >= 4 is 0 Å². The molecule has 3 heteroatoms. The van der Waals surface area contributed by atoms with Gasteiger partial charge in [0.05, 0.1) is 6.10 Å². The first-order chi connectivity index (χ1) is 8.09. The minimum absolute atomic E-state index is 0.149. The number of rotatable bonds is 3. The average molecular weight is 240 g/mol. The van der Waals surface area contributed by atoms with Crippen molar-refractivity contribution in [3.8, 4) is 0 Å². The summed E-state index contributed by atoms with van der Waals surface area (Å²) >= 11 is 0. The maximum atomic E-state index is 13.2. The van der Waals surface area contributed by atoms with E-state index in [9.17, 15) is 13.9 Å². The highest BCUT2D eigenvalue weighted by molar-refractivity contribution is 5.22. The highest BCUT2D eigenvalue weighted by Gasteiger charge is 2.39. The highest BCUT2D eigenvalue weighted by atomic mass is 19.2. The Bertz CT molecular complexity index is 397. The highest BCUT2D eigenvalue weighted by Crippen LogP contribution is 2.49. The lowest BCUT2D eigenvalue weighted by atomic mass is 9.75. The Hall–Kier alpha value is -0.960. The van der Waals surface area contributed by atoms with Gasteiger partial charge in [-0.25, -0.2) is 8.78 Å². The second-order valence-corrected chi connectivity index (χ2v) is 5.00. The molecule has 1 aliphatic carbocycles. The molecule has 1 aromatic rings. The molecular formula is C14H18F2O. The van der Waals surface area contributed by atoms with Gasteiger partial charge in [-0.15, -0.1) is 0 Å². The smallest absolute Gasteiger partial charge is 0.159 e. The third-order valence-corrected chi connectivity index (χ3v) is 4.14. The van der Waals surface area contributed by atoms with E-state index in [0.717, 1.165) is 44.2 Å². The Morgan fingerprint density at radius 1 is 1.24 bits per heavy atom. The van der Waals surface area contributed by atoms with Crippen LogP contribution in [0.2, 0.25) is 0 Å². The average Bonchev–Trinajstić information content (AvgIpc) is 2.81. The zero-order valence-corrected chi connectivity index (χ0v) is 10.0. The summed E-state index contributed by atoms with van der Waals surface area (Å²) < 4.78 is 26.0. The van der Waals surface area contributed by atoms with Crippen LogP contribution in [-0.4, -0.2) is 5.11 Å². The summed E-state index contributed by atoms with van der Waals surface area (Å²) in [7, 11) is 0. The van der Waals surface area contributed by atoms with E-state index in [1.54, 1.807) is 0 Å². The van der Waals surface area contributed by atoms with Crippen LogP contribution in [0.3, 0.4) is 0 Å². The van der Waals surface area contributed by atoms with Gasteiger partial charge in [0.15, 0.2) is 11.6 Å². The summed E-state index contributed by atoms with van der Waals surface area (Å²) in [5.41, 5.74) is 0.345. The number of benzene rings is 1. The topological polar surface area (TPSA) is 20.2 Å². The zero-order chi connectivity index (χ0) is 12.5. The van der Waals surface area contributed by atoms with Crippen LogP contribution in [0.4, 0.5) is 8.78 Å². The van der Waals surface area contributed by atoms with Crippen LogP contribution >= 0.6 is 0 Å². The van der Waals surface area contributed by atoms with Gasteiger partial charge in [0.25, 0.3) is 0 Å². The molecule has 0 amide bonds. The minimum Gasteiger partial charge on any atom is -0.388 e. The molecule has 0 radical (unpaired) electrons. The van der Waals surface area contributed by atoms with Crippen LogP contribution in [0, 0.1) is 17.0 Å². The Morgan fingerprint density at radius 3 is 2.41 bits per heavy atom. The quantitative estimate of drug-likeness (QED) is 0.847. The standard InChI is InChI=1S/C14H18F2O/c1-2-14(7-3-4-8-14)13(17)10-5-6-11(15)12(16)9-10/h5-6,9,13,17H,2-4,7-8H2,1H3. The van der Waals surface area contributed by atoms with Crippen molar-refractivity contribution in [2.24, 2.45) is 5.41 Å². The fraction of sp³-hybridized carbons (Fsp3) is 0.571. The normalized spacial score (nSPS) is 20.5. The van der Waals surface area contributed by atoms with E-state index in [-0.39, 0.29) is 5.41 Å². The van der Waals surface area contributed by atoms with Crippen LogP contribution in [-0.2, 0) is 0 Å². The Balaban J connectivity index is 2.29. The Morgan fingerprint density at radius 2 is 1.88 bits per heavy atom. The molecule has 1 nitrogen and oxygen atoms in total. The lowest BCUT2D eigenvalue weighted by Gasteiger charge is -2.33. The lowest BCUT2D eigenvalue weighted by Crippen LogP contribution is -2.25. The molecule has 1 aromatic carbocycles. The lowest BCUT2D eigenvalue weighted by molar-refractivity contribution is 0.0235. The van der Waals surface area contributed by atoms with Gasteiger partial charge in [0.2, 0.25) is 0 Å². The van der Waals surface area contributed by atoms with E-state index in [0.29, 0.717) is 5.56 Å². The molecule has 0 aromatic heterocycles. The van der Waals surface area contributed by atoms with Gasteiger partial charge in [0.1, 0.15) is 0 Å². The van der Waals surface area contributed by atoms with Gasteiger partial charge in [0, 0.05) is 5.41 Å². The third kappa shape index (κ3) is 2.21. The predicted octanol–water partition coefficient (Wildman–Crippen LogP) is 3.97. The van der Waals surface area contributed by atoms with Crippen molar-refractivity contribution in [1.29, 1.82) is 0 Å². The predicted molar refractivity (Wildman–Crippen MR) is 62.5 cm³/mol. The van der Waals surface area contributed by atoms with Crippen LogP contribution in [0.5, 0.6) is 0 Å². The SMILES string of the molecule is CCC1(C(O)c2ccc(F)c(F)c2)CCCC1. The van der Waals surface area contributed by atoms with Crippen LogP contribution in [0.15, 0.2) is 18.2 Å². The molecule has 17 heavy (non-hydrogen) atoms. The fourth-order valence-electron chi connectivity index (χ4n) is 2.94. The molecule has 0 bridgehead atoms. The van der Waals surface area contributed by atoms with E-state index in [1.165, 1.54) is 6.07 Å². The van der Waals surface area contributed by atoms with Gasteiger partial charge in [-0.2, -0.15) is 0 Å². The van der Waals surface area contributed by atoms with E-state index >= 15 is 0 Å². The third-order valence-electron chi connectivity index (χ3n) is 4.14. The molecule has 1 saturated carbocycles. The van der Waals surface area contributed by atoms with Gasteiger partial charge in [-0.1, -0.05) is 25.8 Å². The van der Waals surface area contributed by atoms with Gasteiger partial charge in [-0.05, 0) is 37.0 Å². The first-order valence-electron chi connectivity index (χ1n) is 6.22. The second kappa shape index (κ2) is 4.73. The van der Waals surface area contributed by atoms with Gasteiger partial charge in [-0.3, -0.25) is 0 Å². The number of halogens is 2. The number of hydrogen-bond acceptors (Lipinski definition) is 1. The number of aliphatic hydroxyl groups is 1. The monoisotopic (exact) mass is 240 g/mol. The molecule has 1 atom stereocenters. The number of aliphatic hydroxyl groups excluding tert-OH is 1. The molecular weight excluding hydrogens is 222 g/mol. The van der Waals surface area contributed by atoms with Crippen molar-refractivity contribution in [3.63, 3.8) is 0 Å². The molecule has 0 heterocycles. The van der Waals surface area contributed by atoms with Crippen molar-refractivity contribution in [2.75, 3.05) is 0 Å². The van der Waals surface area contributed by atoms with Crippen LogP contribution in [0.25, 0.3) is 0 Å². The van der Waals surface area contributed by atoms with Crippen molar-refractivity contribution in [3.05, 3.63) is 35.4 Å². The summed E-state index contributed by atoms with van der Waals surface area (Å²) in [6.07, 6.45) is 4.31. The Labute approximate surface area is 100 Å². The maximum absolute atomic E-state index is 13.2. The van der Waals surface area contributed by atoms with E-state index in [1.807, 2.05) is 0 Å². The first kappa shape index (κ1) is 12.5. The molecule has 1 N–H and O–H groups in total. The molecule has 0 aliphatic heterocycles. The summed E-state index contributed by atoms with van der Waals surface area (Å²) in [4.78, 5) is 0. The molecule has 1 aliphatic rings. The second-order valence-electron chi connectivity index (χ2n) is 5.00. The summed E-state index contributed by atoms with van der Waals surface area (Å²) in [6.45, 7) is 2.05. The number of hydrogen-bond donors (Lipinski definition) is 1. The summed E-state index contributed by atoms with van der Waals surface area (Å²) in [6, 6.07) is 3.70. The van der Waals surface area contributed by atoms with Crippen molar-refractivity contribution in [2.45, 2.75) is 45.1 Å². The zero-order valence-electron chi connectivity index (χ0n) is 10.0. The minimum atomic E-state index is -0.884. The molecule has 1 fully saturated rings. The van der Waals surface area contributed by atoms with E-state index in [2.05, 4.69) is 6.92 Å². The van der Waals surface area contributed by atoms with E-state index in [4.69, 9.17) is 0 Å². The van der Waals surface area contributed by atoms with Crippen molar-refractivity contribution in [1.82, 2.24) is 0 Å². The molecule has 2 rings (SSSR count). The largest absolute Gasteiger partial charge is 0.388 e. The molecule has 1 unspecified atom stereocenters. The Kier molecular flexibility index (Phi) is 3.48. The van der Waals surface area contributed by atoms with Crippen LogP contribution < -0.4 is 0 Å². The molecule has 94 valence electrons. The van der Waals surface area contributed by atoms with E-state index < -0.39 is 17.7 Å². The summed E-state index contributed by atoms with van der Waals surface area (Å²) in [5, 5.41) is 10.4. The van der Waals surface area contributed by atoms with Crippen LogP contribution in [0.1, 0.15) is 50.7 Å². The van der Waals surface area contributed by atoms with Gasteiger partial charge < -0.3 is 5.11 Å². The van der Waals surface area contributed by atoms with Crippen molar-refractivity contribution < 1.29 is 13.9 Å².